The molecule has 0 unspecified atom stereocenters. The Morgan fingerprint density at radius 1 is 1.30 bits per heavy atom. The molecule has 1 aromatic rings. The Hall–Kier alpha value is -1.06. The van der Waals surface area contributed by atoms with Crippen LogP contribution in [0.15, 0.2) is 24.3 Å². The quantitative estimate of drug-likeness (QED) is 0.677. The summed E-state index contributed by atoms with van der Waals surface area (Å²) in [5.74, 6) is 0.320. The molecule has 0 fully saturated rings. The second kappa shape index (κ2) is 9.29. The molecule has 3 nitrogen and oxygen atoms in total. The summed E-state index contributed by atoms with van der Waals surface area (Å²) in [6, 6.07) is 6.91. The van der Waals surface area contributed by atoms with E-state index < -0.39 is 6.04 Å². The molecule has 1 rings (SSSR count). The normalized spacial score (nSPS) is 14.3. The molecule has 1 N–H and O–H groups in total. The third-order valence-electron chi connectivity index (χ3n) is 3.68. The molecule has 0 aromatic heterocycles. The number of hydrogen-bond acceptors (Lipinski definition) is 3. The fourth-order valence-electron chi connectivity index (χ4n) is 2.88. The summed E-state index contributed by atoms with van der Waals surface area (Å²) < 4.78 is 5.19. The number of halogens is 1. The highest BCUT2D eigenvalue weighted by atomic mass is 35.5. The van der Waals surface area contributed by atoms with Crippen molar-refractivity contribution < 1.29 is 9.53 Å². The lowest BCUT2D eigenvalue weighted by Crippen LogP contribution is -2.32. The topological polar surface area (TPSA) is 38.3 Å². The Kier molecular flexibility index (Phi) is 8.07. The van der Waals surface area contributed by atoms with E-state index in [-0.39, 0.29) is 5.97 Å². The van der Waals surface area contributed by atoms with Gasteiger partial charge in [0.15, 0.2) is 0 Å². The average Bonchev–Trinajstić information content (AvgIpc) is 2.43. The molecule has 0 heterocycles. The predicted molar refractivity (Wildman–Crippen MR) is 96.7 cm³/mol. The maximum atomic E-state index is 12.3. The predicted octanol–water partition coefficient (Wildman–Crippen LogP) is 5.00. The SMILES string of the molecule is CCOC(=O)[C@H](NCC[C@H](C)CC(C)(C)C)c1ccccc1Cl. The molecule has 2 atom stereocenters. The van der Waals surface area contributed by atoms with Gasteiger partial charge in [0.05, 0.1) is 6.61 Å². The third kappa shape index (κ3) is 7.36. The van der Waals surface area contributed by atoms with Crippen molar-refractivity contribution in [3.63, 3.8) is 0 Å². The van der Waals surface area contributed by atoms with E-state index in [1.165, 1.54) is 0 Å². The van der Waals surface area contributed by atoms with E-state index in [1.807, 2.05) is 25.1 Å². The fourth-order valence-corrected chi connectivity index (χ4v) is 3.12. The van der Waals surface area contributed by atoms with Crippen LogP contribution in [-0.2, 0) is 9.53 Å². The van der Waals surface area contributed by atoms with Crippen LogP contribution < -0.4 is 5.32 Å². The first-order valence-corrected chi connectivity index (χ1v) is 8.77. The highest BCUT2D eigenvalue weighted by molar-refractivity contribution is 6.31. The first kappa shape index (κ1) is 20.0. The van der Waals surface area contributed by atoms with Crippen LogP contribution in [0.1, 0.15) is 59.1 Å². The monoisotopic (exact) mass is 339 g/mol. The lowest BCUT2D eigenvalue weighted by atomic mass is 9.84. The minimum absolute atomic E-state index is 0.274. The molecule has 0 aliphatic rings. The Bertz CT molecular complexity index is 496. The number of esters is 1. The van der Waals surface area contributed by atoms with Gasteiger partial charge in [-0.2, -0.15) is 0 Å². The van der Waals surface area contributed by atoms with Crippen molar-refractivity contribution in [2.75, 3.05) is 13.2 Å². The number of ether oxygens (including phenoxy) is 1. The molecule has 0 saturated heterocycles. The second-order valence-corrected chi connectivity index (χ2v) is 7.73. The molecule has 0 spiro atoms. The lowest BCUT2D eigenvalue weighted by Gasteiger charge is -2.24. The van der Waals surface area contributed by atoms with Gasteiger partial charge in [-0.05, 0) is 49.3 Å². The van der Waals surface area contributed by atoms with Gasteiger partial charge in [0, 0.05) is 5.02 Å². The van der Waals surface area contributed by atoms with Crippen LogP contribution in [0.4, 0.5) is 0 Å². The fraction of sp³-hybridized carbons (Fsp3) is 0.632. The number of hydrogen-bond donors (Lipinski definition) is 1. The lowest BCUT2D eigenvalue weighted by molar-refractivity contribution is -0.145. The third-order valence-corrected chi connectivity index (χ3v) is 4.03. The number of rotatable bonds is 8. The highest BCUT2D eigenvalue weighted by Crippen LogP contribution is 2.27. The van der Waals surface area contributed by atoms with E-state index >= 15 is 0 Å². The maximum absolute atomic E-state index is 12.3. The highest BCUT2D eigenvalue weighted by Gasteiger charge is 2.24. The molecule has 23 heavy (non-hydrogen) atoms. The summed E-state index contributed by atoms with van der Waals surface area (Å²) in [6.07, 6.45) is 2.17. The molecule has 0 amide bonds. The molecule has 1 aromatic carbocycles. The van der Waals surface area contributed by atoms with Crippen molar-refractivity contribution in [3.8, 4) is 0 Å². The van der Waals surface area contributed by atoms with Crippen LogP contribution in [0.25, 0.3) is 0 Å². The van der Waals surface area contributed by atoms with Crippen molar-refractivity contribution in [1.82, 2.24) is 5.32 Å². The zero-order chi connectivity index (χ0) is 17.5. The summed E-state index contributed by atoms with van der Waals surface area (Å²) in [5.41, 5.74) is 1.10. The number of carbonyl (C=O) groups excluding carboxylic acids is 1. The van der Waals surface area contributed by atoms with E-state index in [0.29, 0.717) is 23.0 Å². The van der Waals surface area contributed by atoms with Crippen LogP contribution in [-0.4, -0.2) is 19.1 Å². The van der Waals surface area contributed by atoms with E-state index in [9.17, 15) is 4.79 Å². The van der Waals surface area contributed by atoms with E-state index in [2.05, 4.69) is 33.0 Å². The number of carbonyl (C=O) groups is 1. The largest absolute Gasteiger partial charge is 0.465 e. The second-order valence-electron chi connectivity index (χ2n) is 7.32. The van der Waals surface area contributed by atoms with Gasteiger partial charge in [0.25, 0.3) is 0 Å². The van der Waals surface area contributed by atoms with Crippen LogP contribution >= 0.6 is 11.6 Å². The van der Waals surface area contributed by atoms with Gasteiger partial charge in [0.1, 0.15) is 6.04 Å². The summed E-state index contributed by atoms with van der Waals surface area (Å²) in [7, 11) is 0. The summed E-state index contributed by atoms with van der Waals surface area (Å²) in [5, 5.41) is 3.90. The Morgan fingerprint density at radius 3 is 2.52 bits per heavy atom. The summed E-state index contributed by atoms with van der Waals surface area (Å²) in [6.45, 7) is 11.9. The van der Waals surface area contributed by atoms with E-state index in [4.69, 9.17) is 16.3 Å². The molecule has 0 aliphatic carbocycles. The van der Waals surface area contributed by atoms with E-state index in [0.717, 1.165) is 24.9 Å². The van der Waals surface area contributed by atoms with Crippen molar-refractivity contribution in [3.05, 3.63) is 34.9 Å². The number of nitrogens with one attached hydrogen (secondary N) is 1. The van der Waals surface area contributed by atoms with Crippen molar-refractivity contribution in [2.45, 2.75) is 53.5 Å². The Morgan fingerprint density at radius 2 is 1.96 bits per heavy atom. The molecule has 4 heteroatoms. The zero-order valence-electron chi connectivity index (χ0n) is 15.0. The van der Waals surface area contributed by atoms with Crippen LogP contribution in [0.5, 0.6) is 0 Å². The Labute approximate surface area is 145 Å². The first-order chi connectivity index (χ1) is 10.7. The standard InChI is InChI=1S/C19H30ClNO2/c1-6-23-18(22)17(15-9-7-8-10-16(15)20)21-12-11-14(2)13-19(3,4)5/h7-10,14,17,21H,6,11-13H2,1-5H3/t14-,17+/m0/s1. The summed E-state index contributed by atoms with van der Waals surface area (Å²) in [4.78, 5) is 12.3. The smallest absolute Gasteiger partial charge is 0.327 e. The molecule has 0 radical (unpaired) electrons. The van der Waals surface area contributed by atoms with Crippen LogP contribution in [0.3, 0.4) is 0 Å². The van der Waals surface area contributed by atoms with Crippen LogP contribution in [0, 0.1) is 11.3 Å². The van der Waals surface area contributed by atoms with E-state index in [1.54, 1.807) is 6.07 Å². The molecule has 0 bridgehead atoms. The van der Waals surface area contributed by atoms with Gasteiger partial charge in [-0.25, -0.2) is 4.79 Å². The summed E-state index contributed by atoms with van der Waals surface area (Å²) >= 11 is 6.24. The molecule has 130 valence electrons. The van der Waals surface area contributed by atoms with Crippen molar-refractivity contribution in [2.24, 2.45) is 11.3 Å². The van der Waals surface area contributed by atoms with Crippen molar-refractivity contribution in [1.29, 1.82) is 0 Å². The average molecular weight is 340 g/mol. The minimum atomic E-state index is -0.509. The van der Waals surface area contributed by atoms with Gasteiger partial charge >= 0.3 is 5.97 Å². The first-order valence-electron chi connectivity index (χ1n) is 8.39. The Balaban J connectivity index is 2.68. The van der Waals surface area contributed by atoms with Gasteiger partial charge in [0.2, 0.25) is 0 Å². The minimum Gasteiger partial charge on any atom is -0.465 e. The maximum Gasteiger partial charge on any atom is 0.327 e. The molecule has 0 aliphatic heterocycles. The van der Waals surface area contributed by atoms with Crippen LogP contribution in [0.2, 0.25) is 5.02 Å². The zero-order valence-corrected chi connectivity index (χ0v) is 15.7. The van der Waals surface area contributed by atoms with Gasteiger partial charge in [-0.15, -0.1) is 0 Å². The van der Waals surface area contributed by atoms with Gasteiger partial charge < -0.3 is 10.1 Å². The molecular weight excluding hydrogens is 310 g/mol. The molecule has 0 saturated carbocycles. The van der Waals surface area contributed by atoms with Gasteiger partial charge in [-0.1, -0.05) is 57.5 Å². The van der Waals surface area contributed by atoms with Crippen molar-refractivity contribution >= 4 is 17.6 Å². The number of benzene rings is 1. The molecular formula is C19H30ClNO2. The van der Waals surface area contributed by atoms with Gasteiger partial charge in [-0.3, -0.25) is 0 Å².